The average Bonchev–Trinajstić information content (AvgIpc) is 2.46. The van der Waals surface area contributed by atoms with Crippen LogP contribution < -0.4 is 16.2 Å². The van der Waals surface area contributed by atoms with Crippen molar-refractivity contribution in [3.05, 3.63) is 41.7 Å². The Morgan fingerprint density at radius 3 is 2.63 bits per heavy atom. The van der Waals surface area contributed by atoms with Crippen molar-refractivity contribution in [2.24, 2.45) is 5.84 Å². The summed E-state index contributed by atoms with van der Waals surface area (Å²) < 4.78 is 0. The van der Waals surface area contributed by atoms with Gasteiger partial charge in [0.05, 0.1) is 0 Å². The Kier molecular flexibility index (Phi) is 3.97. The van der Waals surface area contributed by atoms with Crippen molar-refractivity contribution < 1.29 is 0 Å². The summed E-state index contributed by atoms with van der Waals surface area (Å²) in [6, 6.07) is 10.0. The van der Waals surface area contributed by atoms with E-state index in [1.807, 2.05) is 37.1 Å². The molecule has 3 N–H and O–H groups in total. The largest absolute Gasteiger partial charge is 0.329 e. The van der Waals surface area contributed by atoms with Crippen LogP contribution in [0.1, 0.15) is 18.3 Å². The summed E-state index contributed by atoms with van der Waals surface area (Å²) >= 11 is 0. The third kappa shape index (κ3) is 2.82. The molecular weight excluding hydrogens is 238 g/mol. The summed E-state index contributed by atoms with van der Waals surface area (Å²) in [4.78, 5) is 10.9. The third-order valence-corrected chi connectivity index (χ3v) is 3.04. The number of hydrogen-bond acceptors (Lipinski definition) is 5. The van der Waals surface area contributed by atoms with Gasteiger partial charge in [0.1, 0.15) is 17.5 Å². The van der Waals surface area contributed by atoms with E-state index < -0.39 is 0 Å². The molecule has 0 radical (unpaired) electrons. The lowest BCUT2D eigenvalue weighted by Gasteiger charge is -2.21. The SMILES string of the molecule is CCc1nc(NN)cc(N(C)c2ccccc2C)n1. The number of hydrazine groups is 1. The molecule has 0 unspecified atom stereocenters. The van der Waals surface area contributed by atoms with E-state index in [-0.39, 0.29) is 0 Å². The standard InChI is InChI=1S/C14H19N5/c1-4-12-16-13(18-15)9-14(17-12)19(3)11-8-6-5-7-10(11)2/h5-9H,4,15H2,1-3H3,(H,16,17,18). The molecule has 0 bridgehead atoms. The van der Waals surface area contributed by atoms with Crippen LogP contribution in [0.2, 0.25) is 0 Å². The number of hydrogen-bond donors (Lipinski definition) is 2. The summed E-state index contributed by atoms with van der Waals surface area (Å²) in [6.45, 7) is 4.10. The van der Waals surface area contributed by atoms with E-state index in [1.165, 1.54) is 5.56 Å². The van der Waals surface area contributed by atoms with Crippen LogP contribution in [0.5, 0.6) is 0 Å². The molecule has 5 nitrogen and oxygen atoms in total. The molecular formula is C14H19N5. The molecule has 0 saturated carbocycles. The fourth-order valence-corrected chi connectivity index (χ4v) is 1.95. The lowest BCUT2D eigenvalue weighted by Crippen LogP contribution is -2.16. The number of para-hydroxylation sites is 1. The molecule has 2 aromatic rings. The van der Waals surface area contributed by atoms with Crippen molar-refractivity contribution in [3.63, 3.8) is 0 Å². The number of rotatable bonds is 4. The minimum absolute atomic E-state index is 0.627. The summed E-state index contributed by atoms with van der Waals surface area (Å²) in [5.41, 5.74) is 4.90. The lowest BCUT2D eigenvalue weighted by molar-refractivity contribution is 0.924. The van der Waals surface area contributed by atoms with Crippen molar-refractivity contribution in [1.29, 1.82) is 0 Å². The Hall–Kier alpha value is -2.14. The molecule has 5 heteroatoms. The topological polar surface area (TPSA) is 67.1 Å². The van der Waals surface area contributed by atoms with Gasteiger partial charge in [-0.1, -0.05) is 25.1 Å². The van der Waals surface area contributed by atoms with Crippen molar-refractivity contribution in [2.45, 2.75) is 20.3 Å². The predicted octanol–water partition coefficient (Wildman–Crippen LogP) is 2.40. The van der Waals surface area contributed by atoms with Gasteiger partial charge < -0.3 is 10.3 Å². The van der Waals surface area contributed by atoms with Crippen LogP contribution in [-0.4, -0.2) is 17.0 Å². The highest BCUT2D eigenvalue weighted by Gasteiger charge is 2.10. The molecule has 1 aromatic carbocycles. The number of nitrogen functional groups attached to an aromatic ring is 1. The second kappa shape index (κ2) is 5.67. The van der Waals surface area contributed by atoms with Crippen molar-refractivity contribution >= 4 is 17.3 Å². The van der Waals surface area contributed by atoms with Crippen molar-refractivity contribution in [2.75, 3.05) is 17.4 Å². The molecule has 19 heavy (non-hydrogen) atoms. The van der Waals surface area contributed by atoms with E-state index in [4.69, 9.17) is 5.84 Å². The Balaban J connectivity index is 2.43. The molecule has 100 valence electrons. The maximum absolute atomic E-state index is 5.45. The summed E-state index contributed by atoms with van der Waals surface area (Å²) in [5, 5.41) is 0. The van der Waals surface area contributed by atoms with E-state index in [9.17, 15) is 0 Å². The van der Waals surface area contributed by atoms with Gasteiger partial charge in [0, 0.05) is 25.2 Å². The zero-order chi connectivity index (χ0) is 13.8. The summed E-state index contributed by atoms with van der Waals surface area (Å²) in [7, 11) is 1.99. The molecule has 0 aliphatic carbocycles. The van der Waals surface area contributed by atoms with Gasteiger partial charge in [0.2, 0.25) is 0 Å². The van der Waals surface area contributed by atoms with Crippen LogP contribution in [0, 0.1) is 6.92 Å². The Bertz CT molecular complexity index is 545. The number of aromatic nitrogens is 2. The van der Waals surface area contributed by atoms with Gasteiger partial charge in [-0.3, -0.25) is 0 Å². The molecule has 0 spiro atoms. The first kappa shape index (κ1) is 13.3. The van der Waals surface area contributed by atoms with Crippen LogP contribution in [0.25, 0.3) is 0 Å². The van der Waals surface area contributed by atoms with Gasteiger partial charge >= 0.3 is 0 Å². The van der Waals surface area contributed by atoms with E-state index in [0.29, 0.717) is 5.82 Å². The molecule has 1 aromatic heterocycles. The monoisotopic (exact) mass is 257 g/mol. The van der Waals surface area contributed by atoms with Crippen LogP contribution in [0.15, 0.2) is 30.3 Å². The number of nitrogens with two attached hydrogens (primary N) is 1. The number of aryl methyl sites for hydroxylation is 2. The number of anilines is 3. The van der Waals surface area contributed by atoms with E-state index in [2.05, 4.69) is 34.5 Å². The predicted molar refractivity (Wildman–Crippen MR) is 78.5 cm³/mol. The Labute approximate surface area is 113 Å². The zero-order valence-electron chi connectivity index (χ0n) is 11.5. The first-order valence-corrected chi connectivity index (χ1v) is 6.29. The van der Waals surface area contributed by atoms with Crippen LogP contribution >= 0.6 is 0 Å². The van der Waals surface area contributed by atoms with Crippen LogP contribution in [0.4, 0.5) is 17.3 Å². The number of benzene rings is 1. The number of nitrogens with one attached hydrogen (secondary N) is 1. The number of nitrogens with zero attached hydrogens (tertiary/aromatic N) is 3. The van der Waals surface area contributed by atoms with Crippen LogP contribution in [0.3, 0.4) is 0 Å². The summed E-state index contributed by atoms with van der Waals surface area (Å²) in [5.74, 6) is 7.68. The first-order valence-electron chi connectivity index (χ1n) is 6.29. The smallest absolute Gasteiger partial charge is 0.145 e. The molecule has 2 rings (SSSR count). The van der Waals surface area contributed by atoms with Crippen LogP contribution in [-0.2, 0) is 6.42 Å². The zero-order valence-corrected chi connectivity index (χ0v) is 11.5. The van der Waals surface area contributed by atoms with Gasteiger partial charge in [-0.15, -0.1) is 0 Å². The molecule has 0 atom stereocenters. The fourth-order valence-electron chi connectivity index (χ4n) is 1.95. The minimum Gasteiger partial charge on any atom is -0.329 e. The minimum atomic E-state index is 0.627. The van der Waals surface area contributed by atoms with E-state index in [0.717, 1.165) is 23.8 Å². The molecule has 0 saturated heterocycles. The quantitative estimate of drug-likeness (QED) is 0.650. The molecule has 0 aliphatic rings. The normalized spacial score (nSPS) is 10.3. The summed E-state index contributed by atoms with van der Waals surface area (Å²) in [6.07, 6.45) is 0.768. The van der Waals surface area contributed by atoms with Gasteiger partial charge in [-0.05, 0) is 18.6 Å². The highest BCUT2D eigenvalue weighted by atomic mass is 15.3. The second-order valence-electron chi connectivity index (χ2n) is 4.37. The Morgan fingerprint density at radius 2 is 2.00 bits per heavy atom. The highest BCUT2D eigenvalue weighted by Crippen LogP contribution is 2.26. The average molecular weight is 257 g/mol. The van der Waals surface area contributed by atoms with Gasteiger partial charge in [0.25, 0.3) is 0 Å². The maximum atomic E-state index is 5.45. The lowest BCUT2D eigenvalue weighted by atomic mass is 10.2. The van der Waals surface area contributed by atoms with Gasteiger partial charge in [-0.25, -0.2) is 15.8 Å². The van der Waals surface area contributed by atoms with E-state index in [1.54, 1.807) is 0 Å². The second-order valence-corrected chi connectivity index (χ2v) is 4.37. The molecule has 1 heterocycles. The maximum Gasteiger partial charge on any atom is 0.145 e. The van der Waals surface area contributed by atoms with Crippen molar-refractivity contribution in [1.82, 2.24) is 9.97 Å². The molecule has 0 fully saturated rings. The highest BCUT2D eigenvalue weighted by molar-refractivity contribution is 5.64. The molecule has 0 amide bonds. The molecule has 0 aliphatic heterocycles. The Morgan fingerprint density at radius 1 is 1.26 bits per heavy atom. The first-order chi connectivity index (χ1) is 9.15. The van der Waals surface area contributed by atoms with Gasteiger partial charge in [-0.2, -0.15) is 0 Å². The fraction of sp³-hybridized carbons (Fsp3) is 0.286. The van der Waals surface area contributed by atoms with Gasteiger partial charge in [0.15, 0.2) is 0 Å². The third-order valence-electron chi connectivity index (χ3n) is 3.04. The van der Waals surface area contributed by atoms with Crippen molar-refractivity contribution in [3.8, 4) is 0 Å². The van der Waals surface area contributed by atoms with E-state index >= 15 is 0 Å².